The number of hydrogen-bond acceptors (Lipinski definition) is 2. The summed E-state index contributed by atoms with van der Waals surface area (Å²) >= 11 is 0. The lowest BCUT2D eigenvalue weighted by molar-refractivity contribution is 0.00902. The zero-order valence-corrected chi connectivity index (χ0v) is 8.79. The molecule has 1 aliphatic rings. The summed E-state index contributed by atoms with van der Waals surface area (Å²) in [6.07, 6.45) is 5.95. The third kappa shape index (κ3) is 4.46. The Morgan fingerprint density at radius 3 is 3.00 bits per heavy atom. The zero-order chi connectivity index (χ0) is 10.4. The average molecular weight is 200 g/mol. The van der Waals surface area contributed by atoms with E-state index in [1.165, 1.54) is 12.8 Å². The van der Waals surface area contributed by atoms with E-state index in [9.17, 15) is 4.79 Å². The minimum atomic E-state index is -0.443. The Labute approximate surface area is 85.2 Å². The molecular formula is C10H20N2O2. The van der Waals surface area contributed by atoms with E-state index < -0.39 is 6.03 Å². The van der Waals surface area contributed by atoms with Crippen LogP contribution < -0.4 is 11.1 Å². The lowest BCUT2D eigenvalue weighted by atomic mass is 10.0. The third-order valence-corrected chi connectivity index (χ3v) is 2.58. The first-order valence-corrected chi connectivity index (χ1v) is 5.36. The number of nitrogens with two attached hydrogens (primary N) is 1. The molecule has 4 nitrogen and oxygen atoms in total. The monoisotopic (exact) mass is 200 g/mol. The van der Waals surface area contributed by atoms with Crippen molar-refractivity contribution in [2.24, 2.45) is 5.73 Å². The van der Waals surface area contributed by atoms with Crippen LogP contribution in [-0.2, 0) is 4.74 Å². The van der Waals surface area contributed by atoms with Gasteiger partial charge in [-0.05, 0) is 39.0 Å². The number of hydrogen-bond donors (Lipinski definition) is 2. The van der Waals surface area contributed by atoms with Gasteiger partial charge < -0.3 is 15.8 Å². The van der Waals surface area contributed by atoms with Gasteiger partial charge in [0.05, 0.1) is 6.10 Å². The molecule has 0 unspecified atom stereocenters. The molecule has 0 aromatic carbocycles. The quantitative estimate of drug-likeness (QED) is 0.720. The van der Waals surface area contributed by atoms with Crippen LogP contribution in [0, 0.1) is 0 Å². The Bertz CT molecular complexity index is 179. The molecule has 2 atom stereocenters. The van der Waals surface area contributed by atoms with Crippen LogP contribution in [0.3, 0.4) is 0 Å². The number of urea groups is 1. The fourth-order valence-electron chi connectivity index (χ4n) is 1.79. The van der Waals surface area contributed by atoms with Gasteiger partial charge in [0.25, 0.3) is 0 Å². The van der Waals surface area contributed by atoms with Crippen molar-refractivity contribution in [1.29, 1.82) is 0 Å². The van der Waals surface area contributed by atoms with Crippen LogP contribution in [0.15, 0.2) is 0 Å². The van der Waals surface area contributed by atoms with Crippen molar-refractivity contribution < 1.29 is 9.53 Å². The number of carbonyl (C=O) groups excluding carboxylic acids is 1. The van der Waals surface area contributed by atoms with E-state index in [4.69, 9.17) is 10.5 Å². The van der Waals surface area contributed by atoms with Crippen LogP contribution >= 0.6 is 0 Å². The molecule has 0 saturated carbocycles. The van der Waals surface area contributed by atoms with E-state index in [1.54, 1.807) is 0 Å². The summed E-state index contributed by atoms with van der Waals surface area (Å²) in [5.41, 5.74) is 5.02. The SMILES string of the molecule is C[C@@H](CC[C@@H]1CCCCO1)NC(N)=O. The summed E-state index contributed by atoms with van der Waals surface area (Å²) < 4.78 is 5.59. The van der Waals surface area contributed by atoms with E-state index in [0.29, 0.717) is 6.10 Å². The van der Waals surface area contributed by atoms with Gasteiger partial charge in [0.2, 0.25) is 0 Å². The molecule has 0 bridgehead atoms. The second kappa shape index (κ2) is 5.86. The van der Waals surface area contributed by atoms with Crippen LogP contribution in [0.4, 0.5) is 4.79 Å². The van der Waals surface area contributed by atoms with Crippen molar-refractivity contribution in [3.63, 3.8) is 0 Å². The van der Waals surface area contributed by atoms with Gasteiger partial charge in [-0.15, -0.1) is 0 Å². The van der Waals surface area contributed by atoms with Crippen LogP contribution in [0.2, 0.25) is 0 Å². The van der Waals surface area contributed by atoms with E-state index >= 15 is 0 Å². The van der Waals surface area contributed by atoms with E-state index in [2.05, 4.69) is 5.32 Å². The number of amides is 2. The van der Waals surface area contributed by atoms with Gasteiger partial charge in [-0.2, -0.15) is 0 Å². The summed E-state index contributed by atoms with van der Waals surface area (Å²) in [4.78, 5) is 10.5. The molecule has 0 aromatic rings. The predicted molar refractivity (Wildman–Crippen MR) is 55.0 cm³/mol. The number of primary amides is 1. The number of carbonyl (C=O) groups is 1. The lowest BCUT2D eigenvalue weighted by Gasteiger charge is -2.23. The van der Waals surface area contributed by atoms with Gasteiger partial charge in [0.15, 0.2) is 0 Å². The molecule has 3 N–H and O–H groups in total. The fraction of sp³-hybridized carbons (Fsp3) is 0.900. The molecule has 14 heavy (non-hydrogen) atoms. The highest BCUT2D eigenvalue weighted by Crippen LogP contribution is 2.17. The molecule has 0 aromatic heterocycles. The minimum absolute atomic E-state index is 0.151. The van der Waals surface area contributed by atoms with Gasteiger partial charge in [-0.25, -0.2) is 4.79 Å². The summed E-state index contributed by atoms with van der Waals surface area (Å²) in [7, 11) is 0. The highest BCUT2D eigenvalue weighted by atomic mass is 16.5. The normalized spacial score (nSPS) is 24.2. The van der Waals surface area contributed by atoms with Gasteiger partial charge in [0.1, 0.15) is 0 Å². The number of ether oxygens (including phenoxy) is 1. The van der Waals surface area contributed by atoms with Crippen molar-refractivity contribution in [2.75, 3.05) is 6.61 Å². The average Bonchev–Trinajstić information content (AvgIpc) is 2.15. The molecule has 4 heteroatoms. The summed E-state index contributed by atoms with van der Waals surface area (Å²) in [6, 6.07) is -0.292. The molecule has 1 heterocycles. The van der Waals surface area contributed by atoms with E-state index in [0.717, 1.165) is 25.9 Å². The van der Waals surface area contributed by atoms with Gasteiger partial charge in [-0.3, -0.25) is 0 Å². The maximum Gasteiger partial charge on any atom is 0.312 e. The predicted octanol–water partition coefficient (Wildman–Crippen LogP) is 1.39. The largest absolute Gasteiger partial charge is 0.378 e. The minimum Gasteiger partial charge on any atom is -0.378 e. The Hall–Kier alpha value is -0.770. The summed E-state index contributed by atoms with van der Waals surface area (Å²) in [6.45, 7) is 2.86. The molecule has 82 valence electrons. The molecule has 0 radical (unpaired) electrons. The first kappa shape index (κ1) is 11.3. The second-order valence-electron chi connectivity index (χ2n) is 3.98. The van der Waals surface area contributed by atoms with Crippen molar-refractivity contribution >= 4 is 6.03 Å². The van der Waals surface area contributed by atoms with Crippen molar-refractivity contribution in [3.8, 4) is 0 Å². The maximum atomic E-state index is 10.5. The van der Waals surface area contributed by atoms with Crippen molar-refractivity contribution in [3.05, 3.63) is 0 Å². The van der Waals surface area contributed by atoms with Crippen LogP contribution in [-0.4, -0.2) is 24.8 Å². The second-order valence-corrected chi connectivity index (χ2v) is 3.98. The molecule has 0 aliphatic carbocycles. The van der Waals surface area contributed by atoms with Crippen molar-refractivity contribution in [2.45, 2.75) is 51.2 Å². The molecule has 1 aliphatic heterocycles. The molecule has 1 fully saturated rings. The first-order valence-electron chi connectivity index (χ1n) is 5.36. The highest BCUT2D eigenvalue weighted by Gasteiger charge is 2.15. The Morgan fingerprint density at radius 1 is 1.64 bits per heavy atom. The Kier molecular flexibility index (Phi) is 4.73. The van der Waals surface area contributed by atoms with Crippen LogP contribution in [0.5, 0.6) is 0 Å². The fourth-order valence-corrected chi connectivity index (χ4v) is 1.79. The molecular weight excluding hydrogens is 180 g/mol. The summed E-state index contributed by atoms with van der Waals surface area (Å²) in [5.74, 6) is 0. The van der Waals surface area contributed by atoms with Crippen LogP contribution in [0.25, 0.3) is 0 Å². The topological polar surface area (TPSA) is 64.3 Å². The Morgan fingerprint density at radius 2 is 2.43 bits per heavy atom. The molecule has 2 amide bonds. The standard InChI is InChI=1S/C10H20N2O2/c1-8(12-10(11)13)5-6-9-4-2-3-7-14-9/h8-9H,2-7H2,1H3,(H3,11,12,13)/t8-,9-/m0/s1. The first-order chi connectivity index (χ1) is 6.68. The maximum absolute atomic E-state index is 10.5. The van der Waals surface area contributed by atoms with Gasteiger partial charge in [0, 0.05) is 12.6 Å². The number of rotatable bonds is 4. The third-order valence-electron chi connectivity index (χ3n) is 2.58. The van der Waals surface area contributed by atoms with E-state index in [-0.39, 0.29) is 6.04 Å². The molecule has 1 rings (SSSR count). The number of nitrogens with one attached hydrogen (secondary N) is 1. The van der Waals surface area contributed by atoms with Crippen molar-refractivity contribution in [1.82, 2.24) is 5.32 Å². The van der Waals surface area contributed by atoms with E-state index in [1.807, 2.05) is 6.92 Å². The highest BCUT2D eigenvalue weighted by molar-refractivity contribution is 5.71. The lowest BCUT2D eigenvalue weighted by Crippen LogP contribution is -2.37. The molecule has 0 spiro atoms. The Balaban J connectivity index is 2.09. The van der Waals surface area contributed by atoms with Gasteiger partial charge >= 0.3 is 6.03 Å². The molecule has 1 saturated heterocycles. The smallest absolute Gasteiger partial charge is 0.312 e. The van der Waals surface area contributed by atoms with Gasteiger partial charge in [-0.1, -0.05) is 0 Å². The zero-order valence-electron chi connectivity index (χ0n) is 8.79. The van der Waals surface area contributed by atoms with Crippen LogP contribution in [0.1, 0.15) is 39.0 Å². The summed E-state index contributed by atoms with van der Waals surface area (Å²) in [5, 5.41) is 2.67.